The van der Waals surface area contributed by atoms with Crippen molar-refractivity contribution in [3.8, 4) is 0 Å². The fraction of sp³-hybridized carbons (Fsp3) is 0.0526. The highest BCUT2D eigenvalue weighted by Crippen LogP contribution is 2.25. The lowest BCUT2D eigenvalue weighted by Gasteiger charge is -2.11. The van der Waals surface area contributed by atoms with E-state index in [1.54, 1.807) is 12.1 Å². The highest BCUT2D eigenvalue weighted by molar-refractivity contribution is 7.84. The van der Waals surface area contributed by atoms with Crippen LogP contribution in [-0.2, 0) is 16.6 Å². The Bertz CT molecular complexity index is 902. The minimum Gasteiger partial charge on any atom is -0.322 e. The van der Waals surface area contributed by atoms with Gasteiger partial charge in [0.25, 0.3) is 5.91 Å². The molecule has 1 heterocycles. The van der Waals surface area contributed by atoms with Crippen molar-refractivity contribution in [1.82, 2.24) is 4.98 Å². The summed E-state index contributed by atoms with van der Waals surface area (Å²) in [6.45, 7) is 0. The van der Waals surface area contributed by atoms with E-state index >= 15 is 0 Å². The van der Waals surface area contributed by atoms with E-state index in [1.807, 2.05) is 48.5 Å². The molecule has 2 aromatic carbocycles. The Morgan fingerprint density at radius 3 is 2.32 bits per heavy atom. The van der Waals surface area contributed by atoms with Crippen LogP contribution >= 0.6 is 11.6 Å². The molecule has 0 bridgehead atoms. The summed E-state index contributed by atoms with van der Waals surface area (Å²) in [5.74, 6) is -0.107. The molecule has 1 amide bonds. The highest BCUT2D eigenvalue weighted by atomic mass is 35.5. The number of anilines is 1. The summed E-state index contributed by atoms with van der Waals surface area (Å²) in [5.41, 5.74) is 1.81. The maximum atomic E-state index is 12.8. The van der Waals surface area contributed by atoms with Crippen molar-refractivity contribution in [2.75, 3.05) is 5.32 Å². The van der Waals surface area contributed by atoms with E-state index in [-0.39, 0.29) is 27.3 Å². The summed E-state index contributed by atoms with van der Waals surface area (Å²) in [5, 5.41) is 2.86. The zero-order chi connectivity index (χ0) is 17.6. The number of carbonyl (C=O) groups is 1. The minimum absolute atomic E-state index is 0.0787. The molecule has 0 aliphatic rings. The first-order valence-electron chi connectivity index (χ1n) is 7.58. The number of hydrogen-bond acceptors (Lipinski definition) is 3. The normalized spacial score (nSPS) is 11.7. The third-order valence-corrected chi connectivity index (χ3v) is 5.37. The average molecular weight is 371 g/mol. The second-order valence-corrected chi connectivity index (χ2v) is 7.02. The standard InChI is InChI=1S/C19H15ClN2O2S/c20-18-17(25(24)13-14-7-3-1-4-8-14)16(11-12-21-18)19(23)22-15-9-5-2-6-10-15/h1-12H,13H2,(H,22,23). The Morgan fingerprint density at radius 1 is 1.00 bits per heavy atom. The van der Waals surface area contributed by atoms with Crippen molar-refractivity contribution in [1.29, 1.82) is 0 Å². The Morgan fingerprint density at radius 2 is 1.64 bits per heavy atom. The number of nitrogens with one attached hydrogen (secondary N) is 1. The molecule has 1 N–H and O–H groups in total. The number of nitrogens with zero attached hydrogens (tertiary/aromatic N) is 1. The molecule has 0 aliphatic carbocycles. The van der Waals surface area contributed by atoms with Gasteiger partial charge in [-0.3, -0.25) is 9.00 Å². The quantitative estimate of drug-likeness (QED) is 0.681. The van der Waals surface area contributed by atoms with Crippen LogP contribution in [0.2, 0.25) is 5.15 Å². The Labute approximate surface area is 153 Å². The van der Waals surface area contributed by atoms with Crippen LogP contribution in [0.4, 0.5) is 5.69 Å². The summed E-state index contributed by atoms with van der Waals surface area (Å²) in [4.78, 5) is 16.8. The lowest BCUT2D eigenvalue weighted by molar-refractivity contribution is 0.102. The number of benzene rings is 2. The van der Waals surface area contributed by atoms with Crippen molar-refractivity contribution in [2.45, 2.75) is 10.6 Å². The smallest absolute Gasteiger partial charge is 0.257 e. The van der Waals surface area contributed by atoms with Gasteiger partial charge in [-0.05, 0) is 23.8 Å². The number of aromatic nitrogens is 1. The molecule has 126 valence electrons. The van der Waals surface area contributed by atoms with Gasteiger partial charge in [-0.2, -0.15) is 0 Å². The zero-order valence-electron chi connectivity index (χ0n) is 13.2. The first-order valence-corrected chi connectivity index (χ1v) is 9.28. The van der Waals surface area contributed by atoms with Gasteiger partial charge in [0.15, 0.2) is 0 Å². The SMILES string of the molecule is O=C(Nc1ccccc1)c1ccnc(Cl)c1S(=O)Cc1ccccc1. The van der Waals surface area contributed by atoms with Gasteiger partial charge < -0.3 is 5.32 Å². The molecule has 0 saturated heterocycles. The molecule has 0 aliphatic heterocycles. The number of para-hydroxylation sites is 1. The number of carbonyl (C=O) groups excluding carboxylic acids is 1. The van der Waals surface area contributed by atoms with Gasteiger partial charge in [0.2, 0.25) is 0 Å². The van der Waals surface area contributed by atoms with Crippen molar-refractivity contribution in [3.63, 3.8) is 0 Å². The van der Waals surface area contributed by atoms with E-state index in [9.17, 15) is 9.00 Å². The lowest BCUT2D eigenvalue weighted by atomic mass is 10.2. The van der Waals surface area contributed by atoms with Crippen molar-refractivity contribution in [2.24, 2.45) is 0 Å². The molecule has 1 aromatic heterocycles. The number of amides is 1. The Hall–Kier alpha value is -2.50. The van der Waals surface area contributed by atoms with Crippen LogP contribution in [-0.4, -0.2) is 15.1 Å². The van der Waals surface area contributed by atoms with Crippen molar-refractivity contribution >= 4 is 34.0 Å². The fourth-order valence-corrected chi connectivity index (χ4v) is 4.04. The van der Waals surface area contributed by atoms with Crippen molar-refractivity contribution < 1.29 is 9.00 Å². The summed E-state index contributed by atoms with van der Waals surface area (Å²) >= 11 is 6.15. The van der Waals surface area contributed by atoms with Crippen LogP contribution < -0.4 is 5.32 Å². The minimum atomic E-state index is -1.49. The van der Waals surface area contributed by atoms with Gasteiger partial charge in [-0.1, -0.05) is 60.1 Å². The van der Waals surface area contributed by atoms with Crippen molar-refractivity contribution in [3.05, 3.63) is 89.2 Å². The molecule has 0 saturated carbocycles. The number of rotatable bonds is 5. The van der Waals surface area contributed by atoms with Gasteiger partial charge in [0.05, 0.1) is 27.0 Å². The summed E-state index contributed by atoms with van der Waals surface area (Å²) in [7, 11) is -1.49. The third-order valence-electron chi connectivity index (χ3n) is 3.51. The van der Waals surface area contributed by atoms with Gasteiger partial charge in [-0.25, -0.2) is 4.98 Å². The van der Waals surface area contributed by atoms with Gasteiger partial charge in [-0.15, -0.1) is 0 Å². The number of pyridine rings is 1. The zero-order valence-corrected chi connectivity index (χ0v) is 14.8. The second kappa shape index (κ2) is 8.05. The topological polar surface area (TPSA) is 59.1 Å². The highest BCUT2D eigenvalue weighted by Gasteiger charge is 2.20. The molecular formula is C19H15ClN2O2S. The van der Waals surface area contributed by atoms with Crippen LogP contribution in [0.25, 0.3) is 0 Å². The Balaban J connectivity index is 1.89. The predicted octanol–water partition coefficient (Wildman–Crippen LogP) is 4.30. The summed E-state index contributed by atoms with van der Waals surface area (Å²) in [6.07, 6.45) is 1.44. The maximum Gasteiger partial charge on any atom is 0.257 e. The molecule has 1 unspecified atom stereocenters. The molecule has 0 fully saturated rings. The first-order chi connectivity index (χ1) is 12.1. The predicted molar refractivity (Wildman–Crippen MR) is 100 cm³/mol. The molecule has 6 heteroatoms. The van der Waals surface area contributed by atoms with Crippen LogP contribution in [0.1, 0.15) is 15.9 Å². The van der Waals surface area contributed by atoms with E-state index in [2.05, 4.69) is 10.3 Å². The van der Waals surface area contributed by atoms with Gasteiger partial charge in [0.1, 0.15) is 5.15 Å². The van der Waals surface area contributed by atoms with Crippen LogP contribution in [0.3, 0.4) is 0 Å². The summed E-state index contributed by atoms with van der Waals surface area (Å²) < 4.78 is 12.8. The lowest BCUT2D eigenvalue weighted by Crippen LogP contribution is -2.16. The van der Waals surface area contributed by atoms with Crippen LogP contribution in [0.15, 0.2) is 77.8 Å². The molecule has 1 atom stereocenters. The monoisotopic (exact) mass is 370 g/mol. The second-order valence-electron chi connectivity index (χ2n) is 5.27. The molecule has 0 spiro atoms. The largest absolute Gasteiger partial charge is 0.322 e. The molecule has 4 nitrogen and oxygen atoms in total. The summed E-state index contributed by atoms with van der Waals surface area (Å²) in [6, 6.07) is 20.0. The third kappa shape index (κ3) is 4.32. The van der Waals surface area contributed by atoms with Crippen LogP contribution in [0, 0.1) is 0 Å². The number of halogens is 1. The van der Waals surface area contributed by atoms with E-state index in [0.29, 0.717) is 5.69 Å². The Kier molecular flexibility index (Phi) is 5.58. The van der Waals surface area contributed by atoms with Gasteiger partial charge in [0, 0.05) is 11.9 Å². The molecule has 3 rings (SSSR count). The molecule has 25 heavy (non-hydrogen) atoms. The van der Waals surface area contributed by atoms with Crippen LogP contribution in [0.5, 0.6) is 0 Å². The first kappa shape index (κ1) is 17.3. The van der Waals surface area contributed by atoms with E-state index < -0.39 is 10.8 Å². The van der Waals surface area contributed by atoms with E-state index in [0.717, 1.165) is 5.56 Å². The fourth-order valence-electron chi connectivity index (χ4n) is 2.34. The average Bonchev–Trinajstić information content (AvgIpc) is 2.63. The molecular weight excluding hydrogens is 356 g/mol. The maximum absolute atomic E-state index is 12.8. The van der Waals surface area contributed by atoms with E-state index in [1.165, 1.54) is 12.3 Å². The van der Waals surface area contributed by atoms with Gasteiger partial charge >= 0.3 is 0 Å². The van der Waals surface area contributed by atoms with E-state index in [4.69, 9.17) is 11.6 Å². The number of hydrogen-bond donors (Lipinski definition) is 1. The molecule has 0 radical (unpaired) electrons. The molecule has 3 aromatic rings.